The lowest BCUT2D eigenvalue weighted by Gasteiger charge is -2.12. The SMILES string of the molecule is c1ccc(-c2nc(-c3ccc4oc5cc(-c6cccc7ccccc67)c6ccccc6c5c4c3)nc(-n3c4ccccc4c4ccc5ccccc5c43)n2)cc1. The van der Waals surface area contributed by atoms with Gasteiger partial charge in [-0.15, -0.1) is 0 Å². The third kappa shape index (κ3) is 4.58. The van der Waals surface area contributed by atoms with E-state index in [2.05, 4.69) is 168 Å². The van der Waals surface area contributed by atoms with E-state index in [-0.39, 0.29) is 0 Å². The molecule has 3 aromatic heterocycles. The number of furan rings is 1. The summed E-state index contributed by atoms with van der Waals surface area (Å²) in [7, 11) is 0. The number of benzene rings is 9. The number of para-hydroxylation sites is 1. The zero-order chi connectivity index (χ0) is 36.7. The van der Waals surface area contributed by atoms with Crippen LogP contribution in [-0.4, -0.2) is 19.5 Å². The van der Waals surface area contributed by atoms with Gasteiger partial charge in [-0.3, -0.25) is 4.57 Å². The molecule has 0 radical (unpaired) electrons. The van der Waals surface area contributed by atoms with Crippen LogP contribution in [0.25, 0.3) is 116 Å². The lowest BCUT2D eigenvalue weighted by atomic mass is 9.92. The fourth-order valence-corrected chi connectivity index (χ4v) is 8.71. The first-order chi connectivity index (χ1) is 27.8. The number of rotatable bonds is 4. The Morgan fingerprint density at radius 1 is 0.375 bits per heavy atom. The minimum atomic E-state index is 0.568. The van der Waals surface area contributed by atoms with Crippen LogP contribution < -0.4 is 0 Å². The zero-order valence-electron chi connectivity index (χ0n) is 30.0. The lowest BCUT2D eigenvalue weighted by molar-refractivity contribution is 0.669. The molecule has 0 saturated heterocycles. The highest BCUT2D eigenvalue weighted by atomic mass is 16.3. The van der Waals surface area contributed by atoms with Gasteiger partial charge in [-0.05, 0) is 68.4 Å². The molecule has 0 saturated carbocycles. The van der Waals surface area contributed by atoms with Gasteiger partial charge in [-0.2, -0.15) is 9.97 Å². The van der Waals surface area contributed by atoms with Crippen molar-refractivity contribution in [2.45, 2.75) is 0 Å². The van der Waals surface area contributed by atoms with Crippen molar-refractivity contribution in [2.75, 3.05) is 0 Å². The first-order valence-electron chi connectivity index (χ1n) is 18.9. The second-order valence-corrected chi connectivity index (χ2v) is 14.4. The summed E-state index contributed by atoms with van der Waals surface area (Å²) in [4.78, 5) is 15.7. The molecule has 0 unspecified atom stereocenters. The molecule has 0 spiro atoms. The average molecular weight is 715 g/mol. The zero-order valence-corrected chi connectivity index (χ0v) is 30.0. The van der Waals surface area contributed by atoms with Gasteiger partial charge in [0, 0.05) is 38.1 Å². The molecule has 0 atom stereocenters. The highest BCUT2D eigenvalue weighted by Crippen LogP contribution is 2.43. The van der Waals surface area contributed by atoms with Gasteiger partial charge in [-0.25, -0.2) is 4.98 Å². The molecule has 0 aliphatic carbocycles. The predicted octanol–water partition coefficient (Wildman–Crippen LogP) is 13.3. The van der Waals surface area contributed by atoms with Crippen molar-refractivity contribution in [2.24, 2.45) is 0 Å². The normalized spacial score (nSPS) is 11.9. The molecule has 3 heterocycles. The Morgan fingerprint density at radius 3 is 1.88 bits per heavy atom. The topological polar surface area (TPSA) is 56.7 Å². The summed E-state index contributed by atoms with van der Waals surface area (Å²) in [5.41, 5.74) is 7.92. The molecular formula is C51H30N4O. The number of nitrogens with zero attached hydrogens (tertiary/aromatic N) is 4. The molecule has 9 aromatic carbocycles. The van der Waals surface area contributed by atoms with Crippen molar-refractivity contribution in [3.05, 3.63) is 182 Å². The van der Waals surface area contributed by atoms with Crippen molar-refractivity contribution in [3.63, 3.8) is 0 Å². The summed E-state index contributed by atoms with van der Waals surface area (Å²) >= 11 is 0. The van der Waals surface area contributed by atoms with Gasteiger partial charge in [0.05, 0.1) is 11.0 Å². The molecule has 260 valence electrons. The van der Waals surface area contributed by atoms with Gasteiger partial charge in [0.1, 0.15) is 11.2 Å². The molecule has 5 heteroatoms. The molecule has 0 aliphatic heterocycles. The van der Waals surface area contributed by atoms with Gasteiger partial charge in [0.25, 0.3) is 0 Å². The number of fused-ring (bicyclic) bond motifs is 11. The maximum Gasteiger partial charge on any atom is 0.238 e. The summed E-state index contributed by atoms with van der Waals surface area (Å²) in [5.74, 6) is 1.77. The smallest absolute Gasteiger partial charge is 0.238 e. The molecule has 12 rings (SSSR count). The minimum Gasteiger partial charge on any atom is -0.456 e. The predicted molar refractivity (Wildman–Crippen MR) is 230 cm³/mol. The Kier molecular flexibility index (Phi) is 6.56. The van der Waals surface area contributed by atoms with Crippen LogP contribution in [0.4, 0.5) is 0 Å². The Morgan fingerprint density at radius 2 is 1.04 bits per heavy atom. The summed E-state index contributed by atoms with van der Waals surface area (Å²) < 4.78 is 8.89. The molecular weight excluding hydrogens is 685 g/mol. The van der Waals surface area contributed by atoms with Gasteiger partial charge in [0.15, 0.2) is 11.6 Å². The van der Waals surface area contributed by atoms with E-state index >= 15 is 0 Å². The van der Waals surface area contributed by atoms with Crippen LogP contribution in [0.5, 0.6) is 0 Å². The van der Waals surface area contributed by atoms with Crippen molar-refractivity contribution in [1.82, 2.24) is 19.5 Å². The van der Waals surface area contributed by atoms with Gasteiger partial charge >= 0.3 is 0 Å². The minimum absolute atomic E-state index is 0.568. The molecule has 0 amide bonds. The van der Waals surface area contributed by atoms with Crippen molar-refractivity contribution in [3.8, 4) is 39.9 Å². The third-order valence-electron chi connectivity index (χ3n) is 11.2. The van der Waals surface area contributed by atoms with Crippen LogP contribution in [0.15, 0.2) is 186 Å². The van der Waals surface area contributed by atoms with E-state index in [1.165, 1.54) is 21.7 Å². The Bertz CT molecular complexity index is 3540. The highest BCUT2D eigenvalue weighted by Gasteiger charge is 2.21. The van der Waals surface area contributed by atoms with E-state index in [9.17, 15) is 0 Å². The largest absolute Gasteiger partial charge is 0.456 e. The third-order valence-corrected chi connectivity index (χ3v) is 11.2. The Labute approximate surface area is 320 Å². The number of hydrogen-bond acceptors (Lipinski definition) is 4. The van der Waals surface area contributed by atoms with E-state index < -0.39 is 0 Å². The Hall–Kier alpha value is -7.63. The molecule has 0 N–H and O–H groups in total. The molecule has 0 fully saturated rings. The van der Waals surface area contributed by atoms with Gasteiger partial charge in [-0.1, -0.05) is 152 Å². The van der Waals surface area contributed by atoms with Crippen LogP contribution in [0.2, 0.25) is 0 Å². The van der Waals surface area contributed by atoms with E-state index in [1.807, 2.05) is 18.2 Å². The average Bonchev–Trinajstić information content (AvgIpc) is 3.82. The highest BCUT2D eigenvalue weighted by molar-refractivity contribution is 6.23. The maximum atomic E-state index is 6.68. The van der Waals surface area contributed by atoms with Crippen molar-refractivity contribution >= 4 is 76.1 Å². The van der Waals surface area contributed by atoms with E-state index in [0.29, 0.717) is 17.6 Å². The van der Waals surface area contributed by atoms with Crippen LogP contribution >= 0.6 is 0 Å². The number of hydrogen-bond donors (Lipinski definition) is 0. The van der Waals surface area contributed by atoms with Crippen LogP contribution in [0, 0.1) is 0 Å². The standard InChI is InChI=1S/C51H30N4O/c1-2-15-33(16-3-1)49-52-50(54-51(53-49)55-44-24-11-10-21-39(44)41-27-25-32-14-5-7-19-36(32)48(41)55)34-26-28-45-43(29-34)47-40-22-9-8-20-38(40)42(30-46(47)56-45)37-23-12-17-31-13-4-6-18-35(31)37/h1-30H. The van der Waals surface area contributed by atoms with Crippen molar-refractivity contribution < 1.29 is 4.42 Å². The quantitative estimate of drug-likeness (QED) is 0.182. The van der Waals surface area contributed by atoms with E-state index in [0.717, 1.165) is 76.6 Å². The monoisotopic (exact) mass is 714 g/mol. The first kappa shape index (κ1) is 30.8. The first-order valence-corrected chi connectivity index (χ1v) is 18.9. The molecule has 12 aromatic rings. The fourth-order valence-electron chi connectivity index (χ4n) is 8.71. The van der Waals surface area contributed by atoms with Crippen LogP contribution in [0.3, 0.4) is 0 Å². The van der Waals surface area contributed by atoms with E-state index in [1.54, 1.807) is 0 Å². The molecule has 0 aliphatic rings. The molecule has 56 heavy (non-hydrogen) atoms. The number of aromatic nitrogens is 4. The van der Waals surface area contributed by atoms with Crippen LogP contribution in [0.1, 0.15) is 0 Å². The molecule has 0 bridgehead atoms. The second kappa shape index (κ2) is 11.9. The van der Waals surface area contributed by atoms with Gasteiger partial charge in [0.2, 0.25) is 5.95 Å². The lowest BCUT2D eigenvalue weighted by Crippen LogP contribution is -2.06. The van der Waals surface area contributed by atoms with Gasteiger partial charge < -0.3 is 4.42 Å². The summed E-state index contributed by atoms with van der Waals surface area (Å²) in [6, 6.07) is 63.8. The van der Waals surface area contributed by atoms with E-state index in [4.69, 9.17) is 19.4 Å². The fraction of sp³-hybridized carbons (Fsp3) is 0. The summed E-state index contributed by atoms with van der Waals surface area (Å²) in [6.07, 6.45) is 0. The summed E-state index contributed by atoms with van der Waals surface area (Å²) in [6.45, 7) is 0. The van der Waals surface area contributed by atoms with Crippen LogP contribution in [-0.2, 0) is 0 Å². The summed E-state index contributed by atoms with van der Waals surface area (Å²) in [5, 5.41) is 11.5. The molecule has 5 nitrogen and oxygen atoms in total. The Balaban J connectivity index is 1.12. The second-order valence-electron chi connectivity index (χ2n) is 14.4. The maximum absolute atomic E-state index is 6.68. The van der Waals surface area contributed by atoms with Crippen molar-refractivity contribution in [1.29, 1.82) is 0 Å².